The second-order valence-corrected chi connectivity index (χ2v) is 6.76. The Morgan fingerprint density at radius 2 is 1.96 bits per heavy atom. The first-order valence-corrected chi connectivity index (χ1v) is 9.47. The zero-order valence-electron chi connectivity index (χ0n) is 15.7. The van der Waals surface area contributed by atoms with E-state index in [-0.39, 0.29) is 5.91 Å². The second kappa shape index (κ2) is 9.60. The summed E-state index contributed by atoms with van der Waals surface area (Å²) in [6.07, 6.45) is 0.326. The van der Waals surface area contributed by atoms with Crippen molar-refractivity contribution < 1.29 is 14.6 Å². The predicted molar refractivity (Wildman–Crippen MR) is 105 cm³/mol. The molecule has 0 spiro atoms. The summed E-state index contributed by atoms with van der Waals surface area (Å²) in [7, 11) is 0. The monoisotopic (exact) mass is 369 g/mol. The van der Waals surface area contributed by atoms with E-state index in [1.807, 2.05) is 36.4 Å². The minimum absolute atomic E-state index is 0.0609. The summed E-state index contributed by atoms with van der Waals surface area (Å²) in [5.41, 5.74) is 2.97. The van der Waals surface area contributed by atoms with Crippen molar-refractivity contribution in [3.63, 3.8) is 0 Å². The molecule has 1 aromatic carbocycles. The molecule has 2 N–H and O–H groups in total. The topological polar surface area (TPSA) is 74.7 Å². The van der Waals surface area contributed by atoms with Crippen LogP contribution in [-0.2, 0) is 4.74 Å². The number of morpholine rings is 1. The molecule has 144 valence electrons. The van der Waals surface area contributed by atoms with Crippen LogP contribution >= 0.6 is 0 Å². The summed E-state index contributed by atoms with van der Waals surface area (Å²) in [6.45, 7) is 6.88. The predicted octanol–water partition coefficient (Wildman–Crippen LogP) is 2.25. The molecule has 0 saturated carbocycles. The third kappa shape index (κ3) is 5.60. The summed E-state index contributed by atoms with van der Waals surface area (Å²) in [5, 5.41) is 12.6. The number of aromatic nitrogens is 1. The van der Waals surface area contributed by atoms with Crippen molar-refractivity contribution in [2.24, 2.45) is 0 Å². The summed E-state index contributed by atoms with van der Waals surface area (Å²) in [4.78, 5) is 19.1. The van der Waals surface area contributed by atoms with Gasteiger partial charge in [-0.15, -0.1) is 0 Å². The summed E-state index contributed by atoms with van der Waals surface area (Å²) >= 11 is 0. The number of carbonyl (C=O) groups is 1. The molecule has 1 atom stereocenters. The lowest BCUT2D eigenvalue weighted by Crippen LogP contribution is -2.38. The number of carbonyl (C=O) groups excluding carboxylic acids is 1. The molecule has 1 fully saturated rings. The van der Waals surface area contributed by atoms with Crippen molar-refractivity contribution in [1.82, 2.24) is 15.2 Å². The highest BCUT2D eigenvalue weighted by molar-refractivity contribution is 5.94. The fourth-order valence-corrected chi connectivity index (χ4v) is 3.07. The Morgan fingerprint density at radius 1 is 1.22 bits per heavy atom. The van der Waals surface area contributed by atoms with Crippen molar-refractivity contribution in [1.29, 1.82) is 0 Å². The molecule has 1 aliphatic heterocycles. The van der Waals surface area contributed by atoms with E-state index >= 15 is 0 Å². The molecule has 3 rings (SSSR count). The maximum Gasteiger partial charge on any atom is 0.251 e. The zero-order valence-corrected chi connectivity index (χ0v) is 15.7. The number of nitrogens with zero attached hydrogens (tertiary/aromatic N) is 2. The lowest BCUT2D eigenvalue weighted by molar-refractivity contribution is 0.0374. The standard InChI is InChI=1S/C21H27N3O3/c1-16(25)19-4-2-5-20(23-19)17-6-8-18(9-7-17)21(26)22-10-3-11-24-12-14-27-15-13-24/h2,4-9,16,25H,3,10-15H2,1H3,(H,22,26)/t16-/m1/s1. The van der Waals surface area contributed by atoms with Gasteiger partial charge in [0.1, 0.15) is 0 Å². The van der Waals surface area contributed by atoms with Crippen LogP contribution < -0.4 is 5.32 Å². The highest BCUT2D eigenvalue weighted by Crippen LogP contribution is 2.20. The molecule has 1 aromatic heterocycles. The number of benzene rings is 1. The first-order chi connectivity index (χ1) is 13.1. The first kappa shape index (κ1) is 19.5. The van der Waals surface area contributed by atoms with Gasteiger partial charge in [-0.2, -0.15) is 0 Å². The van der Waals surface area contributed by atoms with Crippen LogP contribution in [0.25, 0.3) is 11.3 Å². The summed E-state index contributed by atoms with van der Waals surface area (Å²) in [5.74, 6) is -0.0609. The molecule has 1 amide bonds. The van der Waals surface area contributed by atoms with E-state index in [0.717, 1.165) is 50.5 Å². The first-order valence-electron chi connectivity index (χ1n) is 9.47. The molecule has 1 aliphatic rings. The Morgan fingerprint density at radius 3 is 2.67 bits per heavy atom. The molecule has 0 radical (unpaired) electrons. The van der Waals surface area contributed by atoms with Gasteiger partial charge in [-0.1, -0.05) is 18.2 Å². The Labute approximate surface area is 160 Å². The SMILES string of the molecule is C[C@@H](O)c1cccc(-c2ccc(C(=O)NCCCN3CCOCC3)cc2)n1. The number of nitrogens with one attached hydrogen (secondary N) is 1. The van der Waals surface area contributed by atoms with Gasteiger partial charge in [0.25, 0.3) is 5.91 Å². The maximum absolute atomic E-state index is 12.3. The molecular formula is C21H27N3O3. The van der Waals surface area contributed by atoms with Crippen molar-refractivity contribution in [2.75, 3.05) is 39.4 Å². The number of aliphatic hydroxyl groups excluding tert-OH is 1. The van der Waals surface area contributed by atoms with E-state index in [1.54, 1.807) is 13.0 Å². The maximum atomic E-state index is 12.3. The third-order valence-corrected chi connectivity index (χ3v) is 4.68. The summed E-state index contributed by atoms with van der Waals surface area (Å²) < 4.78 is 5.33. The van der Waals surface area contributed by atoms with E-state index in [4.69, 9.17) is 4.74 Å². The fraction of sp³-hybridized carbons (Fsp3) is 0.429. The van der Waals surface area contributed by atoms with Crippen LogP contribution in [-0.4, -0.2) is 60.3 Å². The highest BCUT2D eigenvalue weighted by atomic mass is 16.5. The number of ether oxygens (including phenoxy) is 1. The van der Waals surface area contributed by atoms with Crippen LogP contribution in [0.4, 0.5) is 0 Å². The lowest BCUT2D eigenvalue weighted by Gasteiger charge is -2.26. The average Bonchev–Trinajstić information content (AvgIpc) is 2.72. The molecule has 1 saturated heterocycles. The molecule has 27 heavy (non-hydrogen) atoms. The molecule has 0 bridgehead atoms. The Bertz CT molecular complexity index is 741. The minimum atomic E-state index is -0.604. The van der Waals surface area contributed by atoms with Gasteiger partial charge in [0.2, 0.25) is 0 Å². The lowest BCUT2D eigenvalue weighted by atomic mass is 10.1. The normalized spacial score (nSPS) is 16.1. The fourth-order valence-electron chi connectivity index (χ4n) is 3.07. The molecule has 2 aromatic rings. The number of amides is 1. The molecule has 0 aliphatic carbocycles. The van der Waals surface area contributed by atoms with Gasteiger partial charge in [0, 0.05) is 30.8 Å². The minimum Gasteiger partial charge on any atom is -0.387 e. The van der Waals surface area contributed by atoms with Crippen molar-refractivity contribution in [2.45, 2.75) is 19.4 Å². The van der Waals surface area contributed by atoms with Crippen LogP contribution in [0.15, 0.2) is 42.5 Å². The van der Waals surface area contributed by atoms with Gasteiger partial charge in [-0.25, -0.2) is 0 Å². The van der Waals surface area contributed by atoms with Gasteiger partial charge in [-0.05, 0) is 44.2 Å². The average molecular weight is 369 g/mol. The number of aliphatic hydroxyl groups is 1. The van der Waals surface area contributed by atoms with E-state index in [1.165, 1.54) is 0 Å². The largest absolute Gasteiger partial charge is 0.387 e. The van der Waals surface area contributed by atoms with Gasteiger partial charge in [-0.3, -0.25) is 14.7 Å². The van der Waals surface area contributed by atoms with Crippen LogP contribution in [0.2, 0.25) is 0 Å². The number of pyridine rings is 1. The summed E-state index contributed by atoms with van der Waals surface area (Å²) in [6, 6.07) is 13.0. The number of hydrogen-bond acceptors (Lipinski definition) is 5. The van der Waals surface area contributed by atoms with Gasteiger partial charge < -0.3 is 15.2 Å². The molecular weight excluding hydrogens is 342 g/mol. The molecule has 6 nitrogen and oxygen atoms in total. The van der Waals surface area contributed by atoms with Gasteiger partial charge in [0.15, 0.2) is 0 Å². The quantitative estimate of drug-likeness (QED) is 0.733. The van der Waals surface area contributed by atoms with Gasteiger partial charge in [0.05, 0.1) is 30.7 Å². The van der Waals surface area contributed by atoms with Crippen molar-refractivity contribution in [3.8, 4) is 11.3 Å². The Kier molecular flexibility index (Phi) is 6.92. The molecule has 6 heteroatoms. The smallest absolute Gasteiger partial charge is 0.251 e. The highest BCUT2D eigenvalue weighted by Gasteiger charge is 2.11. The van der Waals surface area contributed by atoms with Crippen LogP contribution in [0.5, 0.6) is 0 Å². The van der Waals surface area contributed by atoms with Crippen molar-refractivity contribution >= 4 is 5.91 Å². The van der Waals surface area contributed by atoms with E-state index in [0.29, 0.717) is 17.8 Å². The van der Waals surface area contributed by atoms with Crippen LogP contribution in [0, 0.1) is 0 Å². The molecule has 0 unspecified atom stereocenters. The number of rotatable bonds is 7. The van der Waals surface area contributed by atoms with Crippen LogP contribution in [0.3, 0.4) is 0 Å². The Balaban J connectivity index is 1.50. The number of hydrogen-bond donors (Lipinski definition) is 2. The van der Waals surface area contributed by atoms with Crippen molar-refractivity contribution in [3.05, 3.63) is 53.7 Å². The third-order valence-electron chi connectivity index (χ3n) is 4.68. The van der Waals surface area contributed by atoms with Crippen LogP contribution in [0.1, 0.15) is 35.5 Å². The molecule has 2 heterocycles. The van der Waals surface area contributed by atoms with Gasteiger partial charge >= 0.3 is 0 Å². The van der Waals surface area contributed by atoms with E-state index in [9.17, 15) is 9.90 Å². The Hall–Kier alpha value is -2.28. The second-order valence-electron chi connectivity index (χ2n) is 6.76. The zero-order chi connectivity index (χ0) is 19.1. The van der Waals surface area contributed by atoms with E-state index < -0.39 is 6.10 Å². The van der Waals surface area contributed by atoms with E-state index in [2.05, 4.69) is 15.2 Å².